The maximum absolute atomic E-state index is 6.09. The molecule has 2 unspecified atom stereocenters. The first-order valence-corrected chi connectivity index (χ1v) is 6.96. The van der Waals surface area contributed by atoms with Crippen molar-refractivity contribution in [3.05, 3.63) is 0 Å². The van der Waals surface area contributed by atoms with Gasteiger partial charge < -0.3 is 4.74 Å². The van der Waals surface area contributed by atoms with E-state index in [0.29, 0.717) is 6.10 Å². The first-order valence-electron chi connectivity index (χ1n) is 6.96. The highest BCUT2D eigenvalue weighted by Crippen LogP contribution is 2.28. The van der Waals surface area contributed by atoms with E-state index in [2.05, 4.69) is 6.92 Å². The number of hydrogen-bond acceptors (Lipinski definition) is 1. The summed E-state index contributed by atoms with van der Waals surface area (Å²) >= 11 is 0. The normalized spacial score (nSPS) is 34.2. The largest absolute Gasteiger partial charge is 0.378 e. The van der Waals surface area contributed by atoms with Crippen molar-refractivity contribution in [2.45, 2.75) is 70.8 Å². The van der Waals surface area contributed by atoms with Crippen LogP contribution >= 0.6 is 0 Å². The zero-order valence-corrected chi connectivity index (χ0v) is 10.2. The van der Waals surface area contributed by atoms with E-state index in [-0.39, 0.29) is 0 Å². The van der Waals surface area contributed by atoms with E-state index >= 15 is 0 Å². The SMILES string of the molecule is CC1CCCC(OCC2CCCCC2)C1. The van der Waals surface area contributed by atoms with Crippen LogP contribution in [0, 0.1) is 11.8 Å². The fraction of sp³-hybridized carbons (Fsp3) is 1.00. The summed E-state index contributed by atoms with van der Waals surface area (Å²) in [6.45, 7) is 3.42. The molecule has 2 fully saturated rings. The highest BCUT2D eigenvalue weighted by atomic mass is 16.5. The zero-order valence-electron chi connectivity index (χ0n) is 10.2. The average Bonchev–Trinajstić information content (AvgIpc) is 2.28. The minimum absolute atomic E-state index is 0.593. The highest BCUT2D eigenvalue weighted by molar-refractivity contribution is 4.72. The third-order valence-electron chi connectivity index (χ3n) is 4.18. The van der Waals surface area contributed by atoms with E-state index in [1.165, 1.54) is 57.8 Å². The van der Waals surface area contributed by atoms with Crippen molar-refractivity contribution in [2.24, 2.45) is 11.8 Å². The third-order valence-corrected chi connectivity index (χ3v) is 4.18. The predicted molar refractivity (Wildman–Crippen MR) is 63.9 cm³/mol. The molecule has 2 saturated carbocycles. The van der Waals surface area contributed by atoms with Crippen LogP contribution in [0.3, 0.4) is 0 Å². The van der Waals surface area contributed by atoms with Gasteiger partial charge in [-0.1, -0.05) is 39.0 Å². The highest BCUT2D eigenvalue weighted by Gasteiger charge is 2.21. The first-order chi connectivity index (χ1) is 7.34. The van der Waals surface area contributed by atoms with Crippen LogP contribution in [0.4, 0.5) is 0 Å². The van der Waals surface area contributed by atoms with Gasteiger partial charge in [0.2, 0.25) is 0 Å². The fourth-order valence-electron chi connectivity index (χ4n) is 3.16. The first kappa shape index (κ1) is 11.4. The summed E-state index contributed by atoms with van der Waals surface area (Å²) < 4.78 is 6.09. The van der Waals surface area contributed by atoms with Gasteiger partial charge in [-0.2, -0.15) is 0 Å². The summed E-state index contributed by atoms with van der Waals surface area (Å²) in [6, 6.07) is 0. The number of hydrogen-bond donors (Lipinski definition) is 0. The molecule has 0 radical (unpaired) electrons. The zero-order chi connectivity index (χ0) is 10.5. The van der Waals surface area contributed by atoms with E-state index in [1.54, 1.807) is 0 Å². The van der Waals surface area contributed by atoms with E-state index in [4.69, 9.17) is 4.74 Å². The Kier molecular flexibility index (Phi) is 4.49. The Labute approximate surface area is 94.6 Å². The Morgan fingerprint density at radius 3 is 2.47 bits per heavy atom. The third kappa shape index (κ3) is 3.79. The lowest BCUT2D eigenvalue weighted by Crippen LogP contribution is -2.25. The van der Waals surface area contributed by atoms with Crippen molar-refractivity contribution < 1.29 is 4.74 Å². The van der Waals surface area contributed by atoms with Crippen molar-refractivity contribution in [1.29, 1.82) is 0 Å². The summed E-state index contributed by atoms with van der Waals surface area (Å²) in [4.78, 5) is 0. The Morgan fingerprint density at radius 1 is 0.933 bits per heavy atom. The lowest BCUT2D eigenvalue weighted by Gasteiger charge is -2.29. The molecule has 88 valence electrons. The summed E-state index contributed by atoms with van der Waals surface area (Å²) in [5.74, 6) is 1.78. The van der Waals surface area contributed by atoms with Gasteiger partial charge in [0, 0.05) is 6.61 Å². The predicted octanol–water partition coefficient (Wildman–Crippen LogP) is 4.16. The molecule has 0 heterocycles. The van der Waals surface area contributed by atoms with Gasteiger partial charge in [0.25, 0.3) is 0 Å². The molecular formula is C14H26O. The molecule has 1 heteroatoms. The van der Waals surface area contributed by atoms with Gasteiger partial charge in [-0.05, 0) is 37.5 Å². The molecule has 2 aliphatic carbocycles. The van der Waals surface area contributed by atoms with Crippen LogP contribution in [0.5, 0.6) is 0 Å². The molecule has 0 bridgehead atoms. The van der Waals surface area contributed by atoms with Crippen molar-refractivity contribution in [3.63, 3.8) is 0 Å². The molecule has 0 aromatic rings. The molecule has 0 aromatic carbocycles. The molecule has 0 N–H and O–H groups in total. The Balaban J connectivity index is 1.63. The molecule has 2 rings (SSSR count). The van der Waals surface area contributed by atoms with Crippen LogP contribution in [-0.4, -0.2) is 12.7 Å². The molecule has 0 amide bonds. The van der Waals surface area contributed by atoms with Crippen LogP contribution in [0.25, 0.3) is 0 Å². The lowest BCUT2D eigenvalue weighted by atomic mass is 9.88. The minimum atomic E-state index is 0.593. The molecular weight excluding hydrogens is 184 g/mol. The lowest BCUT2D eigenvalue weighted by molar-refractivity contribution is -0.00898. The second-order valence-corrected chi connectivity index (χ2v) is 5.73. The van der Waals surface area contributed by atoms with Crippen LogP contribution in [0.1, 0.15) is 64.7 Å². The second-order valence-electron chi connectivity index (χ2n) is 5.73. The molecule has 0 aromatic heterocycles. The summed E-state index contributed by atoms with van der Waals surface area (Å²) in [6.07, 6.45) is 13.2. The van der Waals surface area contributed by atoms with Gasteiger partial charge in [0.05, 0.1) is 6.10 Å². The molecule has 0 aliphatic heterocycles. The molecule has 0 spiro atoms. The summed E-state index contributed by atoms with van der Waals surface area (Å²) in [5, 5.41) is 0. The monoisotopic (exact) mass is 210 g/mol. The van der Waals surface area contributed by atoms with Gasteiger partial charge in [-0.25, -0.2) is 0 Å². The summed E-state index contributed by atoms with van der Waals surface area (Å²) in [5.41, 5.74) is 0. The van der Waals surface area contributed by atoms with Gasteiger partial charge in [0.1, 0.15) is 0 Å². The van der Waals surface area contributed by atoms with E-state index in [0.717, 1.165) is 18.4 Å². The van der Waals surface area contributed by atoms with Crippen LogP contribution in [-0.2, 0) is 4.74 Å². The van der Waals surface area contributed by atoms with Crippen molar-refractivity contribution in [1.82, 2.24) is 0 Å². The van der Waals surface area contributed by atoms with Crippen molar-refractivity contribution in [2.75, 3.05) is 6.61 Å². The molecule has 2 aliphatic rings. The Morgan fingerprint density at radius 2 is 1.73 bits per heavy atom. The van der Waals surface area contributed by atoms with E-state index < -0.39 is 0 Å². The molecule has 0 saturated heterocycles. The molecule has 15 heavy (non-hydrogen) atoms. The van der Waals surface area contributed by atoms with Gasteiger partial charge in [-0.3, -0.25) is 0 Å². The molecule has 1 nitrogen and oxygen atoms in total. The van der Waals surface area contributed by atoms with Gasteiger partial charge in [0.15, 0.2) is 0 Å². The van der Waals surface area contributed by atoms with Crippen molar-refractivity contribution in [3.8, 4) is 0 Å². The smallest absolute Gasteiger partial charge is 0.0577 e. The Hall–Kier alpha value is -0.0400. The molecule has 2 atom stereocenters. The summed E-state index contributed by atoms with van der Waals surface area (Å²) in [7, 11) is 0. The quantitative estimate of drug-likeness (QED) is 0.679. The standard InChI is InChI=1S/C14H26O/c1-12-6-5-9-14(10-12)15-11-13-7-3-2-4-8-13/h12-14H,2-11H2,1H3. The number of ether oxygens (including phenoxy) is 1. The maximum Gasteiger partial charge on any atom is 0.0577 e. The Bertz CT molecular complexity index is 172. The minimum Gasteiger partial charge on any atom is -0.378 e. The topological polar surface area (TPSA) is 9.23 Å². The van der Waals surface area contributed by atoms with E-state index in [9.17, 15) is 0 Å². The maximum atomic E-state index is 6.09. The second kappa shape index (κ2) is 5.89. The van der Waals surface area contributed by atoms with Crippen LogP contribution in [0.15, 0.2) is 0 Å². The van der Waals surface area contributed by atoms with E-state index in [1.807, 2.05) is 0 Å². The average molecular weight is 210 g/mol. The fourth-order valence-corrected chi connectivity index (χ4v) is 3.16. The van der Waals surface area contributed by atoms with Crippen molar-refractivity contribution >= 4 is 0 Å². The van der Waals surface area contributed by atoms with Gasteiger partial charge >= 0.3 is 0 Å². The number of rotatable bonds is 3. The van der Waals surface area contributed by atoms with Gasteiger partial charge in [-0.15, -0.1) is 0 Å². The van der Waals surface area contributed by atoms with Crippen LogP contribution in [0.2, 0.25) is 0 Å². The van der Waals surface area contributed by atoms with Crippen LogP contribution < -0.4 is 0 Å².